The van der Waals surface area contributed by atoms with Gasteiger partial charge in [0.15, 0.2) is 0 Å². The molecule has 0 saturated carbocycles. The van der Waals surface area contributed by atoms with Crippen LogP contribution >= 0.6 is 0 Å². The molecule has 15 heavy (non-hydrogen) atoms. The minimum absolute atomic E-state index is 0.0348. The molecule has 0 fully saturated rings. The Balaban J connectivity index is 3.45. The van der Waals surface area contributed by atoms with E-state index in [1.165, 1.54) is 0 Å². The molecule has 0 bridgehead atoms. The Morgan fingerprint density at radius 3 is 2.60 bits per heavy atom. The number of unbranched alkanes of at least 4 members (excludes halogenated alkanes) is 1. The van der Waals surface area contributed by atoms with Crippen LogP contribution < -0.4 is 0 Å². The maximum absolute atomic E-state index is 11.1. The van der Waals surface area contributed by atoms with Crippen LogP contribution in [0.5, 0.6) is 0 Å². The van der Waals surface area contributed by atoms with Crippen molar-refractivity contribution in [3.63, 3.8) is 0 Å². The number of ether oxygens (including phenoxy) is 1. The van der Waals surface area contributed by atoms with Gasteiger partial charge in [-0.15, -0.1) is 0 Å². The number of carbonyl (C=O) groups excluding carboxylic acids is 1. The molecule has 2 N–H and O–H groups in total. The van der Waals surface area contributed by atoms with Gasteiger partial charge >= 0.3 is 5.97 Å². The van der Waals surface area contributed by atoms with Gasteiger partial charge in [0.25, 0.3) is 0 Å². The first-order valence-electron chi connectivity index (χ1n) is 5.61. The lowest BCUT2D eigenvalue weighted by molar-refractivity contribution is -0.144. The molecular weight excluding hydrogens is 196 g/mol. The molecule has 0 saturated heterocycles. The molecule has 0 aliphatic carbocycles. The molecule has 0 aliphatic rings. The van der Waals surface area contributed by atoms with E-state index in [1.54, 1.807) is 0 Å². The van der Waals surface area contributed by atoms with Crippen molar-refractivity contribution in [2.45, 2.75) is 39.0 Å². The van der Waals surface area contributed by atoms with Crippen molar-refractivity contribution < 1.29 is 19.7 Å². The smallest absolute Gasteiger partial charge is 0.305 e. The molecule has 0 unspecified atom stereocenters. The summed E-state index contributed by atoms with van der Waals surface area (Å²) < 4.78 is 4.99. The first kappa shape index (κ1) is 14.4. The zero-order valence-electron chi connectivity index (χ0n) is 9.45. The first-order valence-corrected chi connectivity index (χ1v) is 5.61. The molecule has 4 nitrogen and oxygen atoms in total. The minimum Gasteiger partial charge on any atom is -0.466 e. The number of esters is 1. The molecule has 0 rings (SSSR count). The Morgan fingerprint density at radius 1 is 1.33 bits per heavy atom. The van der Waals surface area contributed by atoms with Crippen LogP contribution in [-0.2, 0) is 9.53 Å². The van der Waals surface area contributed by atoms with Crippen molar-refractivity contribution in [1.82, 2.24) is 0 Å². The quantitative estimate of drug-likeness (QED) is 0.569. The number of carbonyl (C=O) groups is 1. The van der Waals surface area contributed by atoms with Crippen LogP contribution in [0.3, 0.4) is 0 Å². The summed E-state index contributed by atoms with van der Waals surface area (Å²) in [4.78, 5) is 11.1. The highest BCUT2D eigenvalue weighted by molar-refractivity contribution is 5.69. The number of hydrogen-bond donors (Lipinski definition) is 2. The number of rotatable bonds is 9. The molecule has 0 aromatic rings. The highest BCUT2D eigenvalue weighted by Crippen LogP contribution is 2.07. The Bertz CT molecular complexity index is 159. The molecule has 0 radical (unpaired) electrons. The van der Waals surface area contributed by atoms with Crippen LogP contribution in [0, 0.1) is 5.92 Å². The highest BCUT2D eigenvalue weighted by atomic mass is 16.5. The van der Waals surface area contributed by atoms with Gasteiger partial charge in [0, 0.05) is 19.6 Å². The van der Waals surface area contributed by atoms with Crippen LogP contribution in [0.2, 0.25) is 0 Å². The average molecular weight is 218 g/mol. The molecule has 0 aromatic carbocycles. The summed E-state index contributed by atoms with van der Waals surface area (Å²) in [5.74, 6) is -0.133. The lowest BCUT2D eigenvalue weighted by atomic mass is 10.0. The third kappa shape index (κ3) is 8.39. The second-order valence-electron chi connectivity index (χ2n) is 3.67. The van der Waals surface area contributed by atoms with Crippen molar-refractivity contribution in [2.75, 3.05) is 19.8 Å². The maximum Gasteiger partial charge on any atom is 0.305 e. The van der Waals surface area contributed by atoms with Crippen molar-refractivity contribution in [2.24, 2.45) is 5.92 Å². The van der Waals surface area contributed by atoms with E-state index in [0.717, 1.165) is 12.8 Å². The lowest BCUT2D eigenvalue weighted by Crippen LogP contribution is -2.13. The first-order chi connectivity index (χ1) is 7.24. The van der Waals surface area contributed by atoms with Gasteiger partial charge in [0.1, 0.15) is 0 Å². The zero-order valence-corrected chi connectivity index (χ0v) is 9.45. The maximum atomic E-state index is 11.1. The van der Waals surface area contributed by atoms with Gasteiger partial charge in [-0.25, -0.2) is 0 Å². The van der Waals surface area contributed by atoms with Crippen LogP contribution in [0.4, 0.5) is 0 Å². The van der Waals surface area contributed by atoms with Gasteiger partial charge in [-0.2, -0.15) is 0 Å². The standard InChI is InChI=1S/C11H22O4/c1-2-3-4-11(14)15-8-6-10(9-13)5-7-12/h10,12-13H,2-9H2,1H3/t10-/m1/s1. The minimum atomic E-state index is -0.169. The van der Waals surface area contributed by atoms with Gasteiger partial charge in [0.2, 0.25) is 0 Å². The number of aliphatic hydroxyl groups excluding tert-OH is 2. The predicted molar refractivity (Wildman–Crippen MR) is 57.4 cm³/mol. The van der Waals surface area contributed by atoms with Crippen molar-refractivity contribution in [3.8, 4) is 0 Å². The summed E-state index contributed by atoms with van der Waals surface area (Å²) >= 11 is 0. The topological polar surface area (TPSA) is 66.8 Å². The average Bonchev–Trinajstić information content (AvgIpc) is 2.25. The van der Waals surface area contributed by atoms with E-state index in [2.05, 4.69) is 0 Å². The molecule has 0 spiro atoms. The molecule has 0 aliphatic heterocycles. The summed E-state index contributed by atoms with van der Waals surface area (Å²) in [6, 6.07) is 0. The summed E-state index contributed by atoms with van der Waals surface area (Å²) in [7, 11) is 0. The SMILES string of the molecule is CCCCC(=O)OCC[C@H](CO)CCO. The molecule has 90 valence electrons. The molecular formula is C11H22O4. The molecule has 0 amide bonds. The summed E-state index contributed by atoms with van der Waals surface area (Å²) in [6.07, 6.45) is 3.50. The Kier molecular flexibility index (Phi) is 9.52. The van der Waals surface area contributed by atoms with Gasteiger partial charge < -0.3 is 14.9 Å². The van der Waals surface area contributed by atoms with E-state index in [4.69, 9.17) is 14.9 Å². The van der Waals surface area contributed by atoms with Crippen LogP contribution in [0.15, 0.2) is 0 Å². The summed E-state index contributed by atoms with van der Waals surface area (Å²) in [6.45, 7) is 2.46. The molecule has 4 heteroatoms. The third-order valence-corrected chi connectivity index (χ3v) is 2.32. The predicted octanol–water partition coefficient (Wildman–Crippen LogP) is 1.10. The zero-order chi connectivity index (χ0) is 11.5. The fraction of sp³-hybridized carbons (Fsp3) is 0.909. The second-order valence-corrected chi connectivity index (χ2v) is 3.67. The van der Waals surface area contributed by atoms with Gasteiger partial charge in [0.05, 0.1) is 6.61 Å². The Hall–Kier alpha value is -0.610. The number of hydrogen-bond acceptors (Lipinski definition) is 4. The van der Waals surface area contributed by atoms with Crippen molar-refractivity contribution >= 4 is 5.97 Å². The highest BCUT2D eigenvalue weighted by Gasteiger charge is 2.08. The fourth-order valence-electron chi connectivity index (χ4n) is 1.24. The molecule has 0 heterocycles. The van der Waals surface area contributed by atoms with Crippen LogP contribution in [0.25, 0.3) is 0 Å². The van der Waals surface area contributed by atoms with Gasteiger partial charge in [-0.05, 0) is 25.2 Å². The van der Waals surface area contributed by atoms with E-state index in [-0.39, 0.29) is 25.1 Å². The largest absolute Gasteiger partial charge is 0.466 e. The normalized spacial score (nSPS) is 12.5. The second kappa shape index (κ2) is 9.93. The van der Waals surface area contributed by atoms with E-state index in [1.807, 2.05) is 6.92 Å². The number of aliphatic hydroxyl groups is 2. The van der Waals surface area contributed by atoms with Crippen LogP contribution in [0.1, 0.15) is 39.0 Å². The van der Waals surface area contributed by atoms with Crippen molar-refractivity contribution in [1.29, 1.82) is 0 Å². The van der Waals surface area contributed by atoms with E-state index in [0.29, 0.717) is 25.9 Å². The Morgan fingerprint density at radius 2 is 2.07 bits per heavy atom. The Labute approximate surface area is 91.3 Å². The van der Waals surface area contributed by atoms with Crippen molar-refractivity contribution in [3.05, 3.63) is 0 Å². The lowest BCUT2D eigenvalue weighted by Gasteiger charge is -2.12. The molecule has 0 aromatic heterocycles. The fourth-order valence-corrected chi connectivity index (χ4v) is 1.24. The van der Waals surface area contributed by atoms with E-state index < -0.39 is 0 Å². The summed E-state index contributed by atoms with van der Waals surface area (Å²) in [5, 5.41) is 17.6. The summed E-state index contributed by atoms with van der Waals surface area (Å²) in [5.41, 5.74) is 0. The third-order valence-electron chi connectivity index (χ3n) is 2.32. The molecule has 1 atom stereocenters. The van der Waals surface area contributed by atoms with Gasteiger partial charge in [-0.3, -0.25) is 4.79 Å². The monoisotopic (exact) mass is 218 g/mol. The van der Waals surface area contributed by atoms with Crippen LogP contribution in [-0.4, -0.2) is 36.0 Å². The van der Waals surface area contributed by atoms with Gasteiger partial charge in [-0.1, -0.05) is 13.3 Å². The van der Waals surface area contributed by atoms with E-state index in [9.17, 15) is 4.79 Å². The van der Waals surface area contributed by atoms with E-state index >= 15 is 0 Å².